The minimum Gasteiger partial charge on any atom is -0.497 e. The Labute approximate surface area is 159 Å². The number of hydrogen-bond acceptors (Lipinski definition) is 6. The molecule has 0 spiro atoms. The van der Waals surface area contributed by atoms with Gasteiger partial charge in [0, 0.05) is 37.8 Å². The van der Waals surface area contributed by atoms with Crippen LogP contribution in [-0.4, -0.2) is 73.0 Å². The number of methoxy groups -OCH3 is 2. The van der Waals surface area contributed by atoms with E-state index in [1.807, 2.05) is 25.7 Å². The lowest BCUT2D eigenvalue weighted by molar-refractivity contribution is -0.144. The smallest absolute Gasteiger partial charge is 0.410 e. The maximum absolute atomic E-state index is 12.2. The lowest BCUT2D eigenvalue weighted by Crippen LogP contribution is -2.52. The van der Waals surface area contributed by atoms with Gasteiger partial charge in [0.1, 0.15) is 23.1 Å². The number of ether oxygens (including phenoxy) is 3. The molecule has 1 heterocycles. The molecule has 27 heavy (non-hydrogen) atoms. The molecule has 8 heteroatoms. The summed E-state index contributed by atoms with van der Waals surface area (Å²) in [7, 11) is 3.04. The van der Waals surface area contributed by atoms with E-state index in [4.69, 9.17) is 14.2 Å². The minimum atomic E-state index is -0.968. The molecule has 0 aliphatic carbocycles. The van der Waals surface area contributed by atoms with E-state index in [9.17, 15) is 14.7 Å². The Morgan fingerprint density at radius 1 is 1.07 bits per heavy atom. The molecular formula is C19H28N2O6. The largest absolute Gasteiger partial charge is 0.497 e. The van der Waals surface area contributed by atoms with E-state index in [1.54, 1.807) is 30.2 Å². The number of aliphatic carboxylic acids is 1. The second kappa shape index (κ2) is 8.47. The Balaban J connectivity index is 2.14. The summed E-state index contributed by atoms with van der Waals surface area (Å²) in [6.45, 7) is 7.10. The third-order valence-electron chi connectivity index (χ3n) is 4.30. The first-order valence-electron chi connectivity index (χ1n) is 8.83. The first-order chi connectivity index (χ1) is 12.7. The molecule has 1 aliphatic rings. The zero-order valence-corrected chi connectivity index (χ0v) is 16.5. The van der Waals surface area contributed by atoms with Crippen LogP contribution in [0, 0.1) is 0 Å². The summed E-state index contributed by atoms with van der Waals surface area (Å²) in [6, 6.07) is 4.22. The second-order valence-corrected chi connectivity index (χ2v) is 7.35. The van der Waals surface area contributed by atoms with E-state index in [1.165, 1.54) is 7.11 Å². The van der Waals surface area contributed by atoms with Crippen molar-refractivity contribution in [1.29, 1.82) is 0 Å². The van der Waals surface area contributed by atoms with Crippen molar-refractivity contribution in [1.82, 2.24) is 9.80 Å². The van der Waals surface area contributed by atoms with Crippen LogP contribution in [0.3, 0.4) is 0 Å². The van der Waals surface area contributed by atoms with E-state index in [2.05, 4.69) is 0 Å². The highest BCUT2D eigenvalue weighted by molar-refractivity contribution is 5.77. The van der Waals surface area contributed by atoms with Gasteiger partial charge in [0.2, 0.25) is 0 Å². The minimum absolute atomic E-state index is 0.379. The summed E-state index contributed by atoms with van der Waals surface area (Å²) in [6.07, 6.45) is -0.379. The summed E-state index contributed by atoms with van der Waals surface area (Å²) in [5, 5.41) is 9.82. The van der Waals surface area contributed by atoms with Crippen LogP contribution in [0.2, 0.25) is 0 Å². The number of nitrogens with zero attached hydrogens (tertiary/aromatic N) is 2. The number of benzene rings is 1. The third kappa shape index (κ3) is 5.26. The highest BCUT2D eigenvalue weighted by Gasteiger charge is 2.34. The fourth-order valence-electron chi connectivity index (χ4n) is 3.02. The SMILES string of the molecule is COc1ccc([C@H](C(=O)O)N2CCN(C(=O)OC(C)(C)C)CC2)c(OC)c1. The molecular weight excluding hydrogens is 352 g/mol. The molecule has 0 bridgehead atoms. The summed E-state index contributed by atoms with van der Waals surface area (Å²) in [5.74, 6) is 0.0787. The molecule has 1 fully saturated rings. The van der Waals surface area contributed by atoms with Crippen molar-refractivity contribution < 1.29 is 28.9 Å². The van der Waals surface area contributed by atoms with Gasteiger partial charge in [-0.05, 0) is 32.9 Å². The predicted molar refractivity (Wildman–Crippen MR) is 99.3 cm³/mol. The fourth-order valence-corrected chi connectivity index (χ4v) is 3.02. The zero-order chi connectivity index (χ0) is 20.2. The first-order valence-corrected chi connectivity index (χ1v) is 8.83. The zero-order valence-electron chi connectivity index (χ0n) is 16.5. The van der Waals surface area contributed by atoms with Gasteiger partial charge in [0.05, 0.1) is 14.2 Å². The molecule has 1 aromatic carbocycles. The van der Waals surface area contributed by atoms with Crippen LogP contribution in [0.4, 0.5) is 4.79 Å². The van der Waals surface area contributed by atoms with Gasteiger partial charge in [-0.1, -0.05) is 0 Å². The topological polar surface area (TPSA) is 88.5 Å². The van der Waals surface area contributed by atoms with Crippen LogP contribution in [0.15, 0.2) is 18.2 Å². The van der Waals surface area contributed by atoms with Crippen molar-refractivity contribution in [2.75, 3.05) is 40.4 Å². The monoisotopic (exact) mass is 380 g/mol. The van der Waals surface area contributed by atoms with E-state index in [-0.39, 0.29) is 6.09 Å². The summed E-state index contributed by atoms with van der Waals surface area (Å²) in [5.41, 5.74) is -0.00890. The molecule has 1 amide bonds. The van der Waals surface area contributed by atoms with Gasteiger partial charge in [-0.2, -0.15) is 0 Å². The van der Waals surface area contributed by atoms with Crippen molar-refractivity contribution in [2.45, 2.75) is 32.4 Å². The normalized spacial score (nSPS) is 16.6. The molecule has 0 unspecified atom stereocenters. The second-order valence-electron chi connectivity index (χ2n) is 7.35. The van der Waals surface area contributed by atoms with Crippen molar-refractivity contribution in [3.8, 4) is 11.5 Å². The van der Waals surface area contributed by atoms with Gasteiger partial charge >= 0.3 is 12.1 Å². The molecule has 1 aliphatic heterocycles. The molecule has 1 aromatic rings. The third-order valence-corrected chi connectivity index (χ3v) is 4.30. The molecule has 1 atom stereocenters. The molecule has 1 saturated heterocycles. The maximum Gasteiger partial charge on any atom is 0.410 e. The molecule has 0 aromatic heterocycles. The predicted octanol–water partition coefficient (Wildman–Crippen LogP) is 2.38. The van der Waals surface area contributed by atoms with Crippen LogP contribution in [0.1, 0.15) is 32.4 Å². The van der Waals surface area contributed by atoms with Crippen molar-refractivity contribution in [2.24, 2.45) is 0 Å². The quantitative estimate of drug-likeness (QED) is 0.839. The fraction of sp³-hybridized carbons (Fsp3) is 0.579. The van der Waals surface area contributed by atoms with E-state index in [0.29, 0.717) is 43.2 Å². The summed E-state index contributed by atoms with van der Waals surface area (Å²) in [4.78, 5) is 27.6. The molecule has 150 valence electrons. The molecule has 0 saturated carbocycles. The van der Waals surface area contributed by atoms with Crippen molar-refractivity contribution in [3.63, 3.8) is 0 Å². The van der Waals surface area contributed by atoms with Gasteiger partial charge in [-0.3, -0.25) is 9.69 Å². The highest BCUT2D eigenvalue weighted by Crippen LogP contribution is 2.33. The molecule has 1 N–H and O–H groups in total. The Morgan fingerprint density at radius 3 is 2.19 bits per heavy atom. The van der Waals surface area contributed by atoms with Gasteiger partial charge in [0.25, 0.3) is 0 Å². The number of carbonyl (C=O) groups excluding carboxylic acids is 1. The summed E-state index contributed by atoms with van der Waals surface area (Å²) < 4.78 is 15.9. The number of amides is 1. The Kier molecular flexibility index (Phi) is 6.54. The Hall–Kier alpha value is -2.48. The number of rotatable bonds is 5. The van der Waals surface area contributed by atoms with Gasteiger partial charge in [-0.25, -0.2) is 4.79 Å². The summed E-state index contributed by atoms with van der Waals surface area (Å²) >= 11 is 0. The van der Waals surface area contributed by atoms with Crippen LogP contribution in [0.25, 0.3) is 0 Å². The molecule has 0 radical (unpaired) electrons. The standard InChI is InChI=1S/C19H28N2O6/c1-19(2,3)27-18(24)21-10-8-20(9-11-21)16(17(22)23)14-7-6-13(25-4)12-15(14)26-5/h6-7,12,16H,8-11H2,1-5H3,(H,22,23)/t16-/m1/s1. The average molecular weight is 380 g/mol. The first kappa shape index (κ1) is 20.8. The Morgan fingerprint density at radius 2 is 1.70 bits per heavy atom. The van der Waals surface area contributed by atoms with Crippen LogP contribution >= 0.6 is 0 Å². The lowest BCUT2D eigenvalue weighted by atomic mass is 10.0. The van der Waals surface area contributed by atoms with E-state index < -0.39 is 17.6 Å². The molecule has 2 rings (SSSR count). The number of carbonyl (C=O) groups is 2. The number of carboxylic acid groups (broad SMARTS) is 1. The molecule has 8 nitrogen and oxygen atoms in total. The van der Waals surface area contributed by atoms with Crippen molar-refractivity contribution in [3.05, 3.63) is 23.8 Å². The number of piperazine rings is 1. The maximum atomic E-state index is 12.2. The average Bonchev–Trinajstić information content (AvgIpc) is 2.61. The van der Waals surface area contributed by atoms with E-state index >= 15 is 0 Å². The van der Waals surface area contributed by atoms with E-state index in [0.717, 1.165) is 0 Å². The number of carboxylic acids is 1. The van der Waals surface area contributed by atoms with Crippen LogP contribution < -0.4 is 9.47 Å². The van der Waals surface area contributed by atoms with Gasteiger partial charge in [0.15, 0.2) is 0 Å². The van der Waals surface area contributed by atoms with Crippen LogP contribution in [-0.2, 0) is 9.53 Å². The van der Waals surface area contributed by atoms with Gasteiger partial charge < -0.3 is 24.2 Å². The highest BCUT2D eigenvalue weighted by atomic mass is 16.6. The lowest BCUT2D eigenvalue weighted by Gasteiger charge is -2.38. The number of hydrogen-bond donors (Lipinski definition) is 1. The Bertz CT molecular complexity index is 677. The van der Waals surface area contributed by atoms with Crippen LogP contribution in [0.5, 0.6) is 11.5 Å². The van der Waals surface area contributed by atoms with Crippen molar-refractivity contribution >= 4 is 12.1 Å². The van der Waals surface area contributed by atoms with Gasteiger partial charge in [-0.15, -0.1) is 0 Å².